The monoisotopic (exact) mass is 509 g/mol. The highest BCUT2D eigenvalue weighted by Gasteiger charge is 2.38. The van der Waals surface area contributed by atoms with Crippen molar-refractivity contribution in [3.05, 3.63) is 41.6 Å². The van der Waals surface area contributed by atoms with E-state index in [1.165, 1.54) is 6.20 Å². The molecule has 1 amide bonds. The first-order valence-electron chi connectivity index (χ1n) is 12.6. The van der Waals surface area contributed by atoms with E-state index in [0.29, 0.717) is 48.7 Å². The van der Waals surface area contributed by atoms with E-state index >= 15 is 0 Å². The van der Waals surface area contributed by atoms with Crippen LogP contribution in [0, 0.1) is 5.92 Å². The van der Waals surface area contributed by atoms with E-state index in [-0.39, 0.29) is 23.7 Å². The molecule has 1 fully saturated rings. The second-order valence-corrected chi connectivity index (χ2v) is 10.6. The lowest BCUT2D eigenvalue weighted by molar-refractivity contribution is -0.159. The number of anilines is 2. The maximum atomic E-state index is 13.4. The summed E-state index contributed by atoms with van der Waals surface area (Å²) in [5, 5.41) is 0. The summed E-state index contributed by atoms with van der Waals surface area (Å²) in [4.78, 5) is 51.0. The second-order valence-electron chi connectivity index (χ2n) is 10.6. The van der Waals surface area contributed by atoms with Gasteiger partial charge in [-0.2, -0.15) is 0 Å². The van der Waals surface area contributed by atoms with Gasteiger partial charge in [0, 0.05) is 43.7 Å². The van der Waals surface area contributed by atoms with Crippen molar-refractivity contribution in [2.24, 2.45) is 10.9 Å². The molecule has 0 spiro atoms. The molecule has 0 N–H and O–H groups in total. The summed E-state index contributed by atoms with van der Waals surface area (Å²) in [5.74, 6) is 0.189. The smallest absolute Gasteiger partial charge is 0.329 e. The number of fused-ring (bicyclic) bond motifs is 1. The van der Waals surface area contributed by atoms with Crippen molar-refractivity contribution in [1.82, 2.24) is 14.5 Å². The molecule has 4 rings (SSSR count). The Labute approximate surface area is 216 Å². The van der Waals surface area contributed by atoms with Gasteiger partial charge in [-0.25, -0.2) is 9.78 Å². The van der Waals surface area contributed by atoms with Crippen LogP contribution in [0.25, 0.3) is 0 Å². The van der Waals surface area contributed by atoms with Crippen LogP contribution in [0.3, 0.4) is 0 Å². The van der Waals surface area contributed by atoms with E-state index in [4.69, 9.17) is 9.47 Å². The molecule has 4 heterocycles. The average Bonchev–Trinajstić information content (AvgIpc) is 3.36. The zero-order chi connectivity index (χ0) is 26.9. The van der Waals surface area contributed by atoms with Crippen LogP contribution in [-0.4, -0.2) is 70.6 Å². The topological polar surface area (TPSA) is 106 Å². The molecule has 2 aliphatic rings. The minimum Gasteiger partial charge on any atom is -0.488 e. The Balaban J connectivity index is 1.60. The molecule has 2 aromatic heterocycles. The molecule has 198 valence electrons. The lowest BCUT2D eigenvalue weighted by Gasteiger charge is -2.31. The van der Waals surface area contributed by atoms with E-state index < -0.39 is 11.6 Å². The van der Waals surface area contributed by atoms with Crippen molar-refractivity contribution in [1.29, 1.82) is 0 Å². The fourth-order valence-corrected chi connectivity index (χ4v) is 4.54. The molecule has 0 bridgehead atoms. The molecule has 0 aromatic carbocycles. The Morgan fingerprint density at radius 2 is 1.95 bits per heavy atom. The van der Waals surface area contributed by atoms with Gasteiger partial charge in [-0.05, 0) is 45.7 Å². The number of hydrogen-bond donors (Lipinski definition) is 0. The quantitative estimate of drug-likeness (QED) is 0.583. The Morgan fingerprint density at radius 3 is 2.62 bits per heavy atom. The summed E-state index contributed by atoms with van der Waals surface area (Å²) >= 11 is 0. The van der Waals surface area contributed by atoms with Gasteiger partial charge in [0.25, 0.3) is 5.91 Å². The van der Waals surface area contributed by atoms with Gasteiger partial charge in [-0.3, -0.25) is 19.1 Å². The molecule has 0 unspecified atom stereocenters. The number of aromatic nitrogens is 2. The Kier molecular flexibility index (Phi) is 7.38. The van der Waals surface area contributed by atoms with Gasteiger partial charge < -0.3 is 19.3 Å². The lowest BCUT2D eigenvalue weighted by atomic mass is 10.1. The van der Waals surface area contributed by atoms with Gasteiger partial charge >= 0.3 is 5.97 Å². The van der Waals surface area contributed by atoms with Gasteiger partial charge in [-0.15, -0.1) is 0 Å². The van der Waals surface area contributed by atoms with Crippen LogP contribution in [0.4, 0.5) is 11.5 Å². The molecular weight excluding hydrogens is 474 g/mol. The molecule has 2 aliphatic heterocycles. The maximum Gasteiger partial charge on any atom is 0.329 e. The highest BCUT2D eigenvalue weighted by molar-refractivity contribution is 5.97. The Bertz CT molecular complexity index is 1280. The van der Waals surface area contributed by atoms with Crippen LogP contribution in [0.2, 0.25) is 0 Å². The number of hydrogen-bond acceptors (Lipinski definition) is 8. The number of esters is 1. The molecule has 10 heteroatoms. The largest absolute Gasteiger partial charge is 0.488 e. The molecule has 1 atom stereocenters. The third-order valence-electron chi connectivity index (χ3n) is 6.29. The number of carbonyl (C=O) groups is 3. The number of pyridine rings is 2. The first kappa shape index (κ1) is 26.4. The fourth-order valence-electron chi connectivity index (χ4n) is 4.54. The predicted molar refractivity (Wildman–Crippen MR) is 138 cm³/mol. The van der Waals surface area contributed by atoms with Crippen LogP contribution >= 0.6 is 0 Å². The first-order chi connectivity index (χ1) is 17.5. The summed E-state index contributed by atoms with van der Waals surface area (Å²) in [7, 11) is 1.65. The third kappa shape index (κ3) is 5.52. The molecule has 1 saturated heterocycles. The van der Waals surface area contributed by atoms with E-state index in [0.717, 1.165) is 12.1 Å². The number of amides is 1. The maximum absolute atomic E-state index is 13.4. The van der Waals surface area contributed by atoms with Crippen molar-refractivity contribution in [3.8, 4) is 5.75 Å². The fraction of sp³-hybridized carbons (Fsp3) is 0.519. The van der Waals surface area contributed by atoms with E-state index in [1.807, 2.05) is 51.7 Å². The van der Waals surface area contributed by atoms with E-state index in [1.54, 1.807) is 28.8 Å². The summed E-state index contributed by atoms with van der Waals surface area (Å²) in [6, 6.07) is 4.75. The molecule has 0 radical (unpaired) electrons. The zero-order valence-corrected chi connectivity index (χ0v) is 22.4. The summed E-state index contributed by atoms with van der Waals surface area (Å²) in [5.41, 5.74) is 1.09. The summed E-state index contributed by atoms with van der Waals surface area (Å²) in [6.45, 7) is 10.6. The third-order valence-corrected chi connectivity index (χ3v) is 6.29. The van der Waals surface area contributed by atoms with Crippen LogP contribution in [0.15, 0.2) is 35.6 Å². The standard InChI is InChI=1S/C27H35N5O5/c1-17(2)24(33)32-11-9-19(15-22(32)28-6)30-12-13-36-21-14-18(16-29-23(21)30)25(34)31-10-7-8-20(31)26(35)37-27(3,4)5/h9,11,14-17,20H,7-8,10,12-13H2,1-6H3/b28-22-/t20-/m0/s1. The van der Waals surface area contributed by atoms with Gasteiger partial charge in [-0.1, -0.05) is 13.8 Å². The Hall–Kier alpha value is -3.69. The highest BCUT2D eigenvalue weighted by Crippen LogP contribution is 2.35. The van der Waals surface area contributed by atoms with Gasteiger partial charge in [0.15, 0.2) is 11.6 Å². The highest BCUT2D eigenvalue weighted by atomic mass is 16.6. The predicted octanol–water partition coefficient (Wildman–Crippen LogP) is 3.19. The van der Waals surface area contributed by atoms with Crippen LogP contribution in [0.5, 0.6) is 5.75 Å². The minimum atomic E-state index is -0.622. The van der Waals surface area contributed by atoms with Crippen molar-refractivity contribution < 1.29 is 23.9 Å². The van der Waals surface area contributed by atoms with Crippen LogP contribution < -0.4 is 15.1 Å². The molecule has 0 saturated carbocycles. The molecule has 0 aliphatic carbocycles. The zero-order valence-electron chi connectivity index (χ0n) is 22.4. The van der Waals surface area contributed by atoms with Crippen molar-refractivity contribution >= 4 is 29.3 Å². The number of likely N-dealkylation sites (tertiary alicyclic amines) is 1. The number of ether oxygens (including phenoxy) is 2. The van der Waals surface area contributed by atoms with Gasteiger partial charge in [0.1, 0.15) is 23.7 Å². The van der Waals surface area contributed by atoms with Gasteiger partial charge in [0.2, 0.25) is 5.91 Å². The van der Waals surface area contributed by atoms with Crippen LogP contribution in [-0.2, 0) is 9.53 Å². The first-order valence-corrected chi connectivity index (χ1v) is 12.6. The SMILES string of the molecule is C/N=c1/cc(N2CCOc3cc(C(=O)N4CCC[C@H]4C(=O)OC(C)(C)C)cnc32)ccn1C(=O)C(C)C. The van der Waals surface area contributed by atoms with Gasteiger partial charge in [0.05, 0.1) is 12.1 Å². The molecule has 10 nitrogen and oxygen atoms in total. The molecular formula is C27H35N5O5. The van der Waals surface area contributed by atoms with E-state index in [9.17, 15) is 14.4 Å². The van der Waals surface area contributed by atoms with Crippen LogP contribution in [0.1, 0.15) is 62.6 Å². The average molecular weight is 510 g/mol. The minimum absolute atomic E-state index is 0.0394. The van der Waals surface area contributed by atoms with Crippen molar-refractivity contribution in [2.45, 2.75) is 59.1 Å². The number of nitrogens with zero attached hydrogens (tertiary/aromatic N) is 5. The van der Waals surface area contributed by atoms with Crippen molar-refractivity contribution in [2.75, 3.05) is 31.6 Å². The summed E-state index contributed by atoms with van der Waals surface area (Å²) in [6.07, 6.45) is 4.54. The number of carbonyl (C=O) groups excluding carboxylic acids is 3. The molecule has 37 heavy (non-hydrogen) atoms. The van der Waals surface area contributed by atoms with Crippen molar-refractivity contribution in [3.63, 3.8) is 0 Å². The Morgan fingerprint density at radius 1 is 1.19 bits per heavy atom. The van der Waals surface area contributed by atoms with E-state index in [2.05, 4.69) is 9.98 Å². The lowest BCUT2D eigenvalue weighted by Crippen LogP contribution is -2.43. The molecule has 2 aromatic rings. The normalized spacial score (nSPS) is 18.0. The second kappa shape index (κ2) is 10.4. The number of rotatable bonds is 4. The summed E-state index contributed by atoms with van der Waals surface area (Å²) < 4.78 is 12.9.